The summed E-state index contributed by atoms with van der Waals surface area (Å²) >= 11 is 0. The summed E-state index contributed by atoms with van der Waals surface area (Å²) in [4.78, 5) is 36.0. The van der Waals surface area contributed by atoms with Crippen molar-refractivity contribution in [2.24, 2.45) is 0 Å². The van der Waals surface area contributed by atoms with Crippen molar-refractivity contribution in [3.05, 3.63) is 82.6 Å². The van der Waals surface area contributed by atoms with Crippen LogP contribution in [0.4, 0.5) is 5.69 Å². The van der Waals surface area contributed by atoms with Crippen molar-refractivity contribution in [3.8, 4) is 11.3 Å². The number of esters is 1. The number of aromatic nitrogens is 2. The molecule has 0 aliphatic heterocycles. The van der Waals surface area contributed by atoms with Gasteiger partial charge < -0.3 is 10.1 Å². The Morgan fingerprint density at radius 1 is 1.00 bits per heavy atom. The summed E-state index contributed by atoms with van der Waals surface area (Å²) in [7, 11) is 0. The average molecular weight is 377 g/mol. The highest BCUT2D eigenvalue weighted by atomic mass is 16.5. The van der Waals surface area contributed by atoms with Crippen LogP contribution in [0, 0.1) is 0 Å². The number of hydrogen-bond donors (Lipinski definition) is 1. The lowest BCUT2D eigenvalue weighted by Crippen LogP contribution is -2.29. The smallest absolute Gasteiger partial charge is 0.338 e. The van der Waals surface area contributed by atoms with Crippen molar-refractivity contribution in [3.63, 3.8) is 0 Å². The van der Waals surface area contributed by atoms with Crippen LogP contribution in [0.1, 0.15) is 17.3 Å². The van der Waals surface area contributed by atoms with Crippen LogP contribution in [-0.2, 0) is 16.1 Å². The van der Waals surface area contributed by atoms with E-state index in [4.69, 9.17) is 4.74 Å². The molecule has 0 saturated heterocycles. The summed E-state index contributed by atoms with van der Waals surface area (Å²) in [6, 6.07) is 18.7. The normalized spacial score (nSPS) is 10.3. The Labute approximate surface area is 161 Å². The zero-order valence-electron chi connectivity index (χ0n) is 15.3. The quantitative estimate of drug-likeness (QED) is 0.667. The lowest BCUT2D eigenvalue weighted by Gasteiger charge is -2.09. The van der Waals surface area contributed by atoms with Crippen LogP contribution in [0.3, 0.4) is 0 Å². The Morgan fingerprint density at radius 2 is 1.71 bits per heavy atom. The van der Waals surface area contributed by atoms with E-state index in [2.05, 4.69) is 10.4 Å². The molecule has 0 aliphatic rings. The number of anilines is 1. The van der Waals surface area contributed by atoms with Gasteiger partial charge in [-0.05, 0) is 37.3 Å². The van der Waals surface area contributed by atoms with Crippen LogP contribution >= 0.6 is 0 Å². The summed E-state index contributed by atoms with van der Waals surface area (Å²) in [6.45, 7) is 1.80. The standard InChI is InChI=1S/C21H19N3O4/c1-2-28-21(27)16-8-10-17(11-9-16)22-19(25)14-24-20(26)13-12-18(23-24)15-6-4-3-5-7-15/h3-13H,2,14H2,1H3,(H,22,25). The maximum atomic E-state index is 12.3. The highest BCUT2D eigenvalue weighted by Gasteiger charge is 2.10. The van der Waals surface area contributed by atoms with Gasteiger partial charge in [-0.15, -0.1) is 0 Å². The van der Waals surface area contributed by atoms with Crippen LogP contribution in [-0.4, -0.2) is 28.3 Å². The van der Waals surface area contributed by atoms with Gasteiger partial charge in [0.2, 0.25) is 5.91 Å². The SMILES string of the molecule is CCOC(=O)c1ccc(NC(=O)Cn2nc(-c3ccccc3)ccc2=O)cc1. The van der Waals surface area contributed by atoms with E-state index in [1.165, 1.54) is 6.07 Å². The first-order valence-electron chi connectivity index (χ1n) is 8.77. The molecule has 0 bridgehead atoms. The summed E-state index contributed by atoms with van der Waals surface area (Å²) in [5, 5.41) is 6.95. The van der Waals surface area contributed by atoms with Crippen molar-refractivity contribution in [1.29, 1.82) is 0 Å². The molecule has 28 heavy (non-hydrogen) atoms. The first-order chi connectivity index (χ1) is 13.6. The topological polar surface area (TPSA) is 90.3 Å². The van der Waals surface area contributed by atoms with Crippen LogP contribution in [0.2, 0.25) is 0 Å². The fraction of sp³-hybridized carbons (Fsp3) is 0.143. The lowest BCUT2D eigenvalue weighted by molar-refractivity contribution is -0.117. The molecule has 0 aliphatic carbocycles. The molecular formula is C21H19N3O4. The summed E-state index contributed by atoms with van der Waals surface area (Å²) in [5.41, 5.74) is 1.99. The molecule has 2 aromatic carbocycles. The molecule has 0 saturated carbocycles. The van der Waals surface area contributed by atoms with Gasteiger partial charge in [0.05, 0.1) is 17.9 Å². The molecule has 3 rings (SSSR count). The van der Waals surface area contributed by atoms with Gasteiger partial charge in [0.1, 0.15) is 6.54 Å². The highest BCUT2D eigenvalue weighted by molar-refractivity contribution is 5.93. The van der Waals surface area contributed by atoms with Gasteiger partial charge in [-0.25, -0.2) is 9.48 Å². The molecule has 7 nitrogen and oxygen atoms in total. The maximum absolute atomic E-state index is 12.3. The number of nitrogens with one attached hydrogen (secondary N) is 1. The first kappa shape index (κ1) is 19.0. The number of ether oxygens (including phenoxy) is 1. The number of carbonyl (C=O) groups excluding carboxylic acids is 2. The van der Waals surface area contributed by atoms with E-state index in [-0.39, 0.29) is 12.1 Å². The van der Waals surface area contributed by atoms with Gasteiger partial charge in [-0.2, -0.15) is 5.10 Å². The summed E-state index contributed by atoms with van der Waals surface area (Å²) in [5.74, 6) is -0.822. The minimum Gasteiger partial charge on any atom is -0.462 e. The third-order valence-corrected chi connectivity index (χ3v) is 3.91. The minimum atomic E-state index is -0.422. The van der Waals surface area contributed by atoms with Crippen molar-refractivity contribution in [2.75, 3.05) is 11.9 Å². The van der Waals surface area contributed by atoms with Gasteiger partial charge in [0, 0.05) is 17.3 Å². The predicted molar refractivity (Wildman–Crippen MR) is 105 cm³/mol. The Hall–Kier alpha value is -3.74. The second-order valence-electron chi connectivity index (χ2n) is 5.93. The van der Waals surface area contributed by atoms with Crippen LogP contribution < -0.4 is 10.9 Å². The second kappa shape index (κ2) is 8.77. The number of rotatable bonds is 6. The van der Waals surface area contributed by atoms with Crippen LogP contribution in [0.15, 0.2) is 71.5 Å². The fourth-order valence-electron chi connectivity index (χ4n) is 2.57. The molecule has 0 fully saturated rings. The monoisotopic (exact) mass is 377 g/mol. The molecule has 7 heteroatoms. The Bertz CT molecular complexity index is 1030. The van der Waals surface area contributed by atoms with E-state index < -0.39 is 11.9 Å². The minimum absolute atomic E-state index is 0.223. The van der Waals surface area contributed by atoms with E-state index in [1.807, 2.05) is 30.3 Å². The first-order valence-corrected chi connectivity index (χ1v) is 8.77. The number of amides is 1. The third kappa shape index (κ3) is 4.70. The second-order valence-corrected chi connectivity index (χ2v) is 5.93. The van der Waals surface area contributed by atoms with Gasteiger partial charge in [0.25, 0.3) is 5.56 Å². The number of nitrogens with zero attached hydrogens (tertiary/aromatic N) is 2. The molecular weight excluding hydrogens is 358 g/mol. The molecule has 0 spiro atoms. The van der Waals surface area contributed by atoms with Gasteiger partial charge >= 0.3 is 5.97 Å². The van der Waals surface area contributed by atoms with E-state index >= 15 is 0 Å². The molecule has 0 radical (unpaired) electrons. The van der Waals surface area contributed by atoms with Crippen molar-refractivity contribution in [1.82, 2.24) is 9.78 Å². The van der Waals surface area contributed by atoms with E-state index in [0.717, 1.165) is 10.2 Å². The molecule has 1 N–H and O–H groups in total. The number of benzene rings is 2. The average Bonchev–Trinajstić information content (AvgIpc) is 2.71. The molecule has 1 heterocycles. The zero-order valence-corrected chi connectivity index (χ0v) is 15.3. The van der Waals surface area contributed by atoms with E-state index in [9.17, 15) is 14.4 Å². The van der Waals surface area contributed by atoms with Crippen molar-refractivity contribution < 1.29 is 14.3 Å². The summed E-state index contributed by atoms with van der Waals surface area (Å²) < 4.78 is 6.03. The van der Waals surface area contributed by atoms with E-state index in [0.29, 0.717) is 23.6 Å². The Kier molecular flexibility index (Phi) is 5.96. The van der Waals surface area contributed by atoms with Crippen molar-refractivity contribution >= 4 is 17.6 Å². The van der Waals surface area contributed by atoms with Gasteiger partial charge in [-0.3, -0.25) is 9.59 Å². The molecule has 1 aromatic heterocycles. The van der Waals surface area contributed by atoms with Gasteiger partial charge in [-0.1, -0.05) is 30.3 Å². The predicted octanol–water partition coefficient (Wildman–Crippen LogP) is 2.73. The van der Waals surface area contributed by atoms with Gasteiger partial charge in [0.15, 0.2) is 0 Å². The molecule has 3 aromatic rings. The van der Waals surface area contributed by atoms with Crippen LogP contribution in [0.5, 0.6) is 0 Å². The highest BCUT2D eigenvalue weighted by Crippen LogP contribution is 2.14. The lowest BCUT2D eigenvalue weighted by atomic mass is 10.1. The van der Waals surface area contributed by atoms with Crippen molar-refractivity contribution in [2.45, 2.75) is 13.5 Å². The Morgan fingerprint density at radius 3 is 2.39 bits per heavy atom. The fourth-order valence-corrected chi connectivity index (χ4v) is 2.57. The number of hydrogen-bond acceptors (Lipinski definition) is 5. The summed E-state index contributed by atoms with van der Waals surface area (Å²) in [6.07, 6.45) is 0. The Balaban J connectivity index is 1.69. The van der Waals surface area contributed by atoms with Crippen LogP contribution in [0.25, 0.3) is 11.3 Å². The van der Waals surface area contributed by atoms with E-state index in [1.54, 1.807) is 37.3 Å². The maximum Gasteiger partial charge on any atom is 0.338 e. The molecule has 1 amide bonds. The number of carbonyl (C=O) groups is 2. The third-order valence-electron chi connectivity index (χ3n) is 3.91. The molecule has 0 unspecified atom stereocenters. The molecule has 142 valence electrons. The largest absolute Gasteiger partial charge is 0.462 e. The zero-order chi connectivity index (χ0) is 19.9. The molecule has 0 atom stereocenters.